The van der Waals surface area contributed by atoms with Crippen LogP contribution in [0.4, 0.5) is 5.95 Å². The summed E-state index contributed by atoms with van der Waals surface area (Å²) in [5.74, 6) is 0.541. The lowest BCUT2D eigenvalue weighted by Gasteiger charge is -2.28. The van der Waals surface area contributed by atoms with Crippen molar-refractivity contribution >= 4 is 28.7 Å². The van der Waals surface area contributed by atoms with Crippen molar-refractivity contribution in [1.29, 1.82) is 0 Å². The lowest BCUT2D eigenvalue weighted by molar-refractivity contribution is 0.267. The maximum Gasteiger partial charge on any atom is 0.202 e. The van der Waals surface area contributed by atoms with Gasteiger partial charge in [-0.25, -0.2) is 9.97 Å². The second-order valence-corrected chi connectivity index (χ2v) is 6.17. The van der Waals surface area contributed by atoms with Crippen LogP contribution in [0.5, 0.6) is 0 Å². The Morgan fingerprint density at radius 2 is 2.28 bits per heavy atom. The molecule has 1 unspecified atom stereocenters. The van der Waals surface area contributed by atoms with Gasteiger partial charge in [0.25, 0.3) is 0 Å². The largest absolute Gasteiger partial charge is 0.369 e. The molecular weight excluding hydrogens is 248 g/mol. The average molecular weight is 265 g/mol. The van der Waals surface area contributed by atoms with Gasteiger partial charge < -0.3 is 5.73 Å². The monoisotopic (exact) mass is 264 g/mol. The van der Waals surface area contributed by atoms with E-state index in [2.05, 4.69) is 28.4 Å². The van der Waals surface area contributed by atoms with Crippen molar-refractivity contribution in [1.82, 2.24) is 14.5 Å². The van der Waals surface area contributed by atoms with Crippen LogP contribution in [-0.4, -0.2) is 14.5 Å². The quantitative estimate of drug-likeness (QED) is 0.859. The SMILES string of the molecule is CC1(C)CCCC1n1c(N)nc2cc(Cl)cnc21. The highest BCUT2D eigenvalue weighted by Gasteiger charge is 2.37. The Hall–Kier alpha value is -1.29. The second-order valence-electron chi connectivity index (χ2n) is 5.73. The van der Waals surface area contributed by atoms with Crippen LogP contribution in [0.3, 0.4) is 0 Å². The van der Waals surface area contributed by atoms with Crippen LogP contribution >= 0.6 is 11.6 Å². The number of halogens is 1. The highest BCUT2D eigenvalue weighted by atomic mass is 35.5. The predicted octanol–water partition coefficient (Wildman–Crippen LogP) is 3.42. The van der Waals surface area contributed by atoms with E-state index in [0.29, 0.717) is 17.0 Å². The summed E-state index contributed by atoms with van der Waals surface area (Å²) in [6.45, 7) is 4.57. The summed E-state index contributed by atoms with van der Waals surface area (Å²) in [6.07, 6.45) is 5.23. The second kappa shape index (κ2) is 3.85. The standard InChI is InChI=1S/C13H17ClN4/c1-13(2)5-3-4-10(13)18-11-9(17-12(18)15)6-8(14)7-16-11/h6-7,10H,3-5H2,1-2H3,(H2,15,17). The number of rotatable bonds is 1. The molecule has 0 spiro atoms. The molecule has 2 aromatic rings. The van der Waals surface area contributed by atoms with Gasteiger partial charge in [-0.15, -0.1) is 0 Å². The molecule has 0 saturated heterocycles. The van der Waals surface area contributed by atoms with Gasteiger partial charge in [-0.3, -0.25) is 4.57 Å². The molecule has 4 nitrogen and oxygen atoms in total. The summed E-state index contributed by atoms with van der Waals surface area (Å²) < 4.78 is 2.08. The minimum Gasteiger partial charge on any atom is -0.369 e. The van der Waals surface area contributed by atoms with E-state index in [1.165, 1.54) is 12.8 Å². The van der Waals surface area contributed by atoms with Gasteiger partial charge >= 0.3 is 0 Å². The Bertz CT molecular complexity index is 602. The van der Waals surface area contributed by atoms with Crippen LogP contribution < -0.4 is 5.73 Å². The first-order chi connectivity index (χ1) is 8.49. The topological polar surface area (TPSA) is 56.7 Å². The summed E-state index contributed by atoms with van der Waals surface area (Å²) in [6, 6.07) is 2.19. The van der Waals surface area contributed by atoms with Gasteiger partial charge in [0.05, 0.1) is 5.02 Å². The van der Waals surface area contributed by atoms with Gasteiger partial charge in [0, 0.05) is 12.2 Å². The minimum absolute atomic E-state index is 0.239. The molecule has 0 bridgehead atoms. The van der Waals surface area contributed by atoms with E-state index < -0.39 is 0 Å². The smallest absolute Gasteiger partial charge is 0.202 e. The molecule has 5 heteroatoms. The van der Waals surface area contributed by atoms with Crippen molar-refractivity contribution in [3.8, 4) is 0 Å². The molecule has 0 aromatic carbocycles. The molecule has 2 aromatic heterocycles. The van der Waals surface area contributed by atoms with Crippen molar-refractivity contribution in [2.75, 3.05) is 5.73 Å². The van der Waals surface area contributed by atoms with Gasteiger partial charge in [0.1, 0.15) is 5.52 Å². The van der Waals surface area contributed by atoms with Crippen LogP contribution in [0.2, 0.25) is 5.02 Å². The number of nitrogens with two attached hydrogens (primary N) is 1. The van der Waals surface area contributed by atoms with E-state index in [0.717, 1.165) is 17.6 Å². The fourth-order valence-corrected chi connectivity index (χ4v) is 3.22. The molecule has 0 amide bonds. The zero-order valence-electron chi connectivity index (χ0n) is 10.7. The van der Waals surface area contributed by atoms with Crippen LogP contribution in [0.15, 0.2) is 12.3 Å². The minimum atomic E-state index is 0.239. The first-order valence-electron chi connectivity index (χ1n) is 6.28. The van der Waals surface area contributed by atoms with Gasteiger partial charge in [-0.05, 0) is 24.3 Å². The van der Waals surface area contributed by atoms with Crippen LogP contribution in [0, 0.1) is 5.41 Å². The number of imidazole rings is 1. The lowest BCUT2D eigenvalue weighted by atomic mass is 9.87. The van der Waals surface area contributed by atoms with E-state index in [-0.39, 0.29) is 5.41 Å². The first kappa shape index (κ1) is 11.8. The Balaban J connectivity index is 2.20. The Morgan fingerprint density at radius 3 is 2.94 bits per heavy atom. The van der Waals surface area contributed by atoms with Gasteiger partial charge in [0.2, 0.25) is 5.95 Å². The number of nitrogens with zero attached hydrogens (tertiary/aromatic N) is 3. The molecule has 0 radical (unpaired) electrons. The first-order valence-corrected chi connectivity index (χ1v) is 6.66. The summed E-state index contributed by atoms with van der Waals surface area (Å²) in [5.41, 5.74) is 7.94. The molecule has 1 saturated carbocycles. The van der Waals surface area contributed by atoms with E-state index in [1.807, 2.05) is 6.07 Å². The van der Waals surface area contributed by atoms with Crippen molar-refractivity contribution in [3.63, 3.8) is 0 Å². The van der Waals surface area contributed by atoms with E-state index in [1.54, 1.807) is 6.20 Å². The van der Waals surface area contributed by atoms with Crippen molar-refractivity contribution < 1.29 is 0 Å². The third kappa shape index (κ3) is 1.67. The molecule has 2 N–H and O–H groups in total. The fraction of sp³-hybridized carbons (Fsp3) is 0.538. The number of hydrogen-bond donors (Lipinski definition) is 1. The highest BCUT2D eigenvalue weighted by molar-refractivity contribution is 6.31. The highest BCUT2D eigenvalue weighted by Crippen LogP contribution is 2.47. The Morgan fingerprint density at radius 1 is 1.50 bits per heavy atom. The summed E-state index contributed by atoms with van der Waals surface area (Å²) in [7, 11) is 0. The van der Waals surface area contributed by atoms with Gasteiger partial charge in [-0.2, -0.15) is 0 Å². The van der Waals surface area contributed by atoms with Crippen molar-refractivity contribution in [2.24, 2.45) is 5.41 Å². The molecule has 0 aliphatic heterocycles. The van der Waals surface area contributed by atoms with Crippen molar-refractivity contribution in [3.05, 3.63) is 17.3 Å². The average Bonchev–Trinajstić information content (AvgIpc) is 2.76. The van der Waals surface area contributed by atoms with E-state index in [9.17, 15) is 0 Å². The molecular formula is C13H17ClN4. The maximum absolute atomic E-state index is 6.07. The molecule has 3 rings (SSSR count). The molecule has 2 heterocycles. The normalized spacial score (nSPS) is 22.7. The zero-order valence-corrected chi connectivity index (χ0v) is 11.4. The molecule has 1 atom stereocenters. The number of fused-ring (bicyclic) bond motifs is 1. The van der Waals surface area contributed by atoms with E-state index in [4.69, 9.17) is 17.3 Å². The number of aromatic nitrogens is 3. The Kier molecular flexibility index (Phi) is 2.52. The summed E-state index contributed by atoms with van der Waals surface area (Å²) in [5, 5.41) is 0.595. The third-order valence-electron chi connectivity index (χ3n) is 4.04. The summed E-state index contributed by atoms with van der Waals surface area (Å²) in [4.78, 5) is 8.78. The van der Waals surface area contributed by atoms with Gasteiger partial charge in [-0.1, -0.05) is 31.9 Å². The fourth-order valence-electron chi connectivity index (χ4n) is 3.07. The number of anilines is 1. The maximum atomic E-state index is 6.07. The number of nitrogen functional groups attached to an aromatic ring is 1. The molecule has 18 heavy (non-hydrogen) atoms. The number of pyridine rings is 1. The van der Waals surface area contributed by atoms with E-state index >= 15 is 0 Å². The predicted molar refractivity (Wildman–Crippen MR) is 73.6 cm³/mol. The molecule has 96 valence electrons. The van der Waals surface area contributed by atoms with Crippen molar-refractivity contribution in [2.45, 2.75) is 39.2 Å². The Labute approximate surface area is 111 Å². The van der Waals surface area contributed by atoms with Crippen LogP contribution in [-0.2, 0) is 0 Å². The number of hydrogen-bond acceptors (Lipinski definition) is 3. The van der Waals surface area contributed by atoms with Gasteiger partial charge in [0.15, 0.2) is 5.65 Å². The van der Waals surface area contributed by atoms with Crippen LogP contribution in [0.1, 0.15) is 39.2 Å². The summed E-state index contributed by atoms with van der Waals surface area (Å²) >= 11 is 5.94. The molecule has 1 aliphatic carbocycles. The zero-order chi connectivity index (χ0) is 12.9. The third-order valence-corrected chi connectivity index (χ3v) is 4.24. The van der Waals surface area contributed by atoms with Crippen LogP contribution in [0.25, 0.3) is 11.2 Å². The molecule has 1 aliphatic rings. The lowest BCUT2D eigenvalue weighted by Crippen LogP contribution is -2.23. The molecule has 1 fully saturated rings.